The van der Waals surface area contributed by atoms with Gasteiger partial charge >= 0.3 is 0 Å². The van der Waals surface area contributed by atoms with Gasteiger partial charge in [-0.25, -0.2) is 0 Å². The molecule has 0 spiro atoms. The first-order valence-electron chi connectivity index (χ1n) is 5.25. The van der Waals surface area contributed by atoms with Gasteiger partial charge in [0, 0.05) is 0 Å². The van der Waals surface area contributed by atoms with Gasteiger partial charge in [-0.05, 0) is 24.0 Å². The molecule has 0 atom stereocenters. The van der Waals surface area contributed by atoms with Crippen LogP contribution in [0.3, 0.4) is 0 Å². The molecule has 0 saturated carbocycles. The number of halogens is 7. The van der Waals surface area contributed by atoms with Crippen molar-refractivity contribution in [2.45, 2.75) is 25.3 Å². The number of hydrogen-bond acceptors (Lipinski definition) is 0. The molecule has 0 fully saturated rings. The number of hydrogen-bond donors (Lipinski definition) is 0. The number of benzene rings is 1. The summed E-state index contributed by atoms with van der Waals surface area (Å²) in [6.07, 6.45) is 1.31. The van der Waals surface area contributed by atoms with Crippen LogP contribution in [0.5, 0.6) is 0 Å². The van der Waals surface area contributed by atoms with E-state index < -0.39 is 12.5 Å². The minimum Gasteiger partial charge on any atom is -0.0930 e. The Labute approximate surface area is 148 Å². The summed E-state index contributed by atoms with van der Waals surface area (Å²) in [7, 11) is 0. The van der Waals surface area contributed by atoms with E-state index in [0.29, 0.717) is 18.4 Å². The van der Waals surface area contributed by atoms with Crippen LogP contribution in [0.4, 0.5) is 0 Å². The van der Waals surface area contributed by atoms with Crippen LogP contribution in [0.15, 0.2) is 24.3 Å². The fourth-order valence-corrected chi connectivity index (χ4v) is 3.15. The zero-order valence-corrected chi connectivity index (χ0v) is 14.9. The van der Waals surface area contributed by atoms with E-state index in [9.17, 15) is 0 Å². The zero-order chi connectivity index (χ0) is 14.9. The van der Waals surface area contributed by atoms with Gasteiger partial charge in [-0.1, -0.05) is 112 Å². The summed E-state index contributed by atoms with van der Waals surface area (Å²) in [5.74, 6) is 0. The Morgan fingerprint density at radius 3 is 1.89 bits per heavy atom. The molecule has 1 radical (unpaired) electrons. The average molecular weight is 402 g/mol. The Hall–Kier alpha value is 1.25. The quantitative estimate of drug-likeness (QED) is 0.496. The lowest BCUT2D eigenvalue weighted by molar-refractivity contribution is 0.689. The second kappa shape index (κ2) is 6.57. The number of rotatable bonds is 4. The van der Waals surface area contributed by atoms with Crippen molar-refractivity contribution in [1.82, 2.24) is 0 Å². The summed E-state index contributed by atoms with van der Waals surface area (Å²) in [5.41, 5.74) is 1.35. The molecule has 0 aromatic heterocycles. The topological polar surface area (TPSA) is 0 Å². The summed E-state index contributed by atoms with van der Waals surface area (Å²) in [5, 5.41) is 0. The molecule has 0 bridgehead atoms. The monoisotopic (exact) mass is 399 g/mol. The highest BCUT2D eigenvalue weighted by atomic mass is 35.6. The molecule has 1 rings (SSSR count). The SMILES string of the molecule is [CH2]CCc1ccccc1C(Cl)(Cl)C(Cl)(Cl)C(Cl)(Cl)Cl. The predicted molar refractivity (Wildman–Crippen MR) is 88.2 cm³/mol. The van der Waals surface area contributed by atoms with Gasteiger partial charge in [-0.3, -0.25) is 0 Å². The first kappa shape index (κ1) is 18.3. The third-order valence-corrected chi connectivity index (χ3v) is 6.48. The zero-order valence-electron chi connectivity index (χ0n) is 9.58. The summed E-state index contributed by atoms with van der Waals surface area (Å²) < 4.78 is -5.87. The van der Waals surface area contributed by atoms with Crippen molar-refractivity contribution in [2.75, 3.05) is 0 Å². The van der Waals surface area contributed by atoms with Crippen LogP contribution in [-0.2, 0) is 10.8 Å². The highest BCUT2D eigenvalue weighted by Gasteiger charge is 2.61. The Morgan fingerprint density at radius 2 is 1.42 bits per heavy atom. The Morgan fingerprint density at radius 1 is 0.895 bits per heavy atom. The minimum atomic E-state index is -2.06. The summed E-state index contributed by atoms with van der Waals surface area (Å²) in [6, 6.07) is 7.14. The van der Waals surface area contributed by atoms with Crippen LogP contribution < -0.4 is 0 Å². The minimum absolute atomic E-state index is 0.498. The van der Waals surface area contributed by atoms with Gasteiger partial charge in [0.25, 0.3) is 0 Å². The second-order valence-electron chi connectivity index (χ2n) is 3.91. The van der Waals surface area contributed by atoms with Crippen molar-refractivity contribution in [3.05, 3.63) is 42.3 Å². The van der Waals surface area contributed by atoms with Gasteiger partial charge < -0.3 is 0 Å². The maximum Gasteiger partial charge on any atom is 0.226 e. The number of aryl methyl sites for hydroxylation is 1. The van der Waals surface area contributed by atoms with Crippen LogP contribution in [0.2, 0.25) is 0 Å². The molecule has 0 N–H and O–H groups in total. The van der Waals surface area contributed by atoms with Gasteiger partial charge in [0.05, 0.1) is 0 Å². The van der Waals surface area contributed by atoms with Crippen LogP contribution in [0.1, 0.15) is 17.5 Å². The largest absolute Gasteiger partial charge is 0.226 e. The van der Waals surface area contributed by atoms with E-state index in [1.54, 1.807) is 12.1 Å². The molecule has 19 heavy (non-hydrogen) atoms. The van der Waals surface area contributed by atoms with Gasteiger partial charge in [0.2, 0.25) is 8.13 Å². The molecule has 7 heteroatoms. The molecule has 0 nitrogen and oxygen atoms in total. The molecule has 0 aliphatic carbocycles. The Bertz CT molecular complexity index is 434. The van der Waals surface area contributed by atoms with Crippen molar-refractivity contribution in [3.8, 4) is 0 Å². The van der Waals surface area contributed by atoms with Crippen LogP contribution >= 0.6 is 81.2 Å². The molecular formula is C12H10Cl7. The first-order valence-corrected chi connectivity index (χ1v) is 7.90. The van der Waals surface area contributed by atoms with Crippen LogP contribution in [-0.4, -0.2) is 8.13 Å². The molecular weight excluding hydrogens is 392 g/mol. The maximum absolute atomic E-state index is 6.31. The van der Waals surface area contributed by atoms with Gasteiger partial charge in [0.1, 0.15) is 0 Å². The lowest BCUT2D eigenvalue weighted by Crippen LogP contribution is -2.45. The van der Waals surface area contributed by atoms with Gasteiger partial charge in [-0.2, -0.15) is 0 Å². The van der Waals surface area contributed by atoms with Crippen molar-refractivity contribution < 1.29 is 0 Å². The Balaban J connectivity index is 3.35. The van der Waals surface area contributed by atoms with E-state index >= 15 is 0 Å². The Kier molecular flexibility index (Phi) is 6.32. The third-order valence-electron chi connectivity index (χ3n) is 2.55. The van der Waals surface area contributed by atoms with Crippen molar-refractivity contribution in [3.63, 3.8) is 0 Å². The standard InChI is InChI=1S/C12H10Cl7/c1-2-5-8-6-3-4-7-9(8)10(13,14)11(15,16)12(17,18)19/h3-4,6-7H,1-2,5H2. The van der Waals surface area contributed by atoms with E-state index in [4.69, 9.17) is 81.2 Å². The third kappa shape index (κ3) is 3.72. The van der Waals surface area contributed by atoms with Crippen LogP contribution in [0, 0.1) is 6.92 Å². The van der Waals surface area contributed by atoms with Gasteiger partial charge in [-0.15, -0.1) is 0 Å². The number of alkyl halides is 7. The first-order chi connectivity index (χ1) is 8.55. The molecule has 107 valence electrons. The fourth-order valence-electron chi connectivity index (χ4n) is 1.58. The van der Waals surface area contributed by atoms with E-state index in [-0.39, 0.29) is 0 Å². The molecule has 0 heterocycles. The second-order valence-corrected chi connectivity index (χ2v) is 8.84. The molecule has 1 aromatic carbocycles. The average Bonchev–Trinajstić information content (AvgIpc) is 2.28. The van der Waals surface area contributed by atoms with Gasteiger partial charge in [0.15, 0.2) is 4.33 Å². The summed E-state index contributed by atoms with van der Waals surface area (Å²) >= 11 is 42.1. The summed E-state index contributed by atoms with van der Waals surface area (Å²) in [6.45, 7) is 3.78. The molecule has 0 aliphatic rings. The fraction of sp³-hybridized carbons (Fsp3) is 0.417. The van der Waals surface area contributed by atoms with E-state index in [0.717, 1.165) is 5.56 Å². The lowest BCUT2D eigenvalue weighted by atomic mass is 9.98. The van der Waals surface area contributed by atoms with Crippen LogP contribution in [0.25, 0.3) is 0 Å². The normalized spacial score (nSPS) is 13.7. The van der Waals surface area contributed by atoms with Crippen molar-refractivity contribution in [2.24, 2.45) is 0 Å². The molecule has 0 aliphatic heterocycles. The highest BCUT2D eigenvalue weighted by Crippen LogP contribution is 2.61. The molecule has 0 unspecified atom stereocenters. The van der Waals surface area contributed by atoms with E-state index in [2.05, 4.69) is 6.92 Å². The molecule has 0 amide bonds. The van der Waals surface area contributed by atoms with Crippen molar-refractivity contribution in [1.29, 1.82) is 0 Å². The van der Waals surface area contributed by atoms with E-state index in [1.807, 2.05) is 12.1 Å². The van der Waals surface area contributed by atoms with Crippen molar-refractivity contribution >= 4 is 81.2 Å². The summed E-state index contributed by atoms with van der Waals surface area (Å²) in [4.78, 5) is 0. The van der Waals surface area contributed by atoms with E-state index in [1.165, 1.54) is 0 Å². The predicted octanol–water partition coefficient (Wildman–Crippen LogP) is 6.63. The maximum atomic E-state index is 6.31. The molecule has 1 aromatic rings. The molecule has 0 saturated heterocycles. The lowest BCUT2D eigenvalue weighted by Gasteiger charge is -2.38. The smallest absolute Gasteiger partial charge is 0.0930 e. The highest BCUT2D eigenvalue weighted by molar-refractivity contribution is 6.78.